The van der Waals surface area contributed by atoms with E-state index in [9.17, 15) is 4.79 Å². The molecule has 2 fully saturated rings. The minimum Gasteiger partial charge on any atom is -0.444 e. The van der Waals surface area contributed by atoms with E-state index >= 15 is 0 Å². The standard InChI is InChI=1S/C21H29N3O2.C16H21N3.CH4.3ClH/c1-5-16-14-17-8-6-9-22-19(17)18(15-16)23-10-7-11-24(13-12-23)20(25)26-21(2,3)4;1-2-13-11-14-5-3-7-18-16(14)15(12-13)19-9-4-6-17-8-10-19;;;;/h6,8-9,14-15H,5,7,10-13H2,1-4H3;3,5,7,11-12,17H,2,4,6,8-10H2,1H3;1H4;3*1H. The normalized spacial score (nSPS) is 14.8. The molecule has 1 amide bonds. The van der Waals surface area contributed by atoms with Gasteiger partial charge >= 0.3 is 6.09 Å². The summed E-state index contributed by atoms with van der Waals surface area (Å²) in [5.41, 5.74) is 6.90. The van der Waals surface area contributed by atoms with Gasteiger partial charge in [-0.25, -0.2) is 4.79 Å². The highest BCUT2D eigenvalue weighted by Gasteiger charge is 2.25. The Morgan fingerprint density at radius 1 is 0.735 bits per heavy atom. The van der Waals surface area contributed by atoms with Gasteiger partial charge in [0.25, 0.3) is 0 Å². The van der Waals surface area contributed by atoms with Crippen LogP contribution in [0.3, 0.4) is 0 Å². The molecule has 11 heteroatoms. The van der Waals surface area contributed by atoms with Gasteiger partial charge in [-0.3, -0.25) is 9.97 Å². The molecular weight excluding hydrogens is 679 g/mol. The van der Waals surface area contributed by atoms with Crippen molar-refractivity contribution in [1.29, 1.82) is 0 Å². The predicted molar refractivity (Wildman–Crippen MR) is 215 cm³/mol. The number of benzene rings is 2. The Hall–Kier alpha value is -3.04. The highest BCUT2D eigenvalue weighted by Crippen LogP contribution is 2.29. The molecule has 2 aliphatic rings. The Kier molecular flexibility index (Phi) is 18.5. The van der Waals surface area contributed by atoms with Gasteiger partial charge < -0.3 is 24.8 Å². The van der Waals surface area contributed by atoms with Gasteiger partial charge in [0.15, 0.2) is 0 Å². The molecule has 2 aromatic carbocycles. The van der Waals surface area contributed by atoms with Crippen molar-refractivity contribution in [1.82, 2.24) is 20.2 Å². The lowest BCUT2D eigenvalue weighted by atomic mass is 10.1. The molecule has 8 nitrogen and oxygen atoms in total. The third-order valence-corrected chi connectivity index (χ3v) is 8.47. The number of anilines is 2. The van der Waals surface area contributed by atoms with Crippen molar-refractivity contribution in [2.45, 2.75) is 73.3 Å². The maximum Gasteiger partial charge on any atom is 0.410 e. The van der Waals surface area contributed by atoms with Crippen LogP contribution in [-0.4, -0.2) is 78.9 Å². The van der Waals surface area contributed by atoms with E-state index in [0.717, 1.165) is 76.1 Å². The van der Waals surface area contributed by atoms with Crippen LogP contribution in [0.25, 0.3) is 21.8 Å². The Labute approximate surface area is 312 Å². The van der Waals surface area contributed by atoms with E-state index in [1.807, 2.05) is 50.2 Å². The number of carbonyl (C=O) groups excluding carboxylic acids is 1. The van der Waals surface area contributed by atoms with Crippen molar-refractivity contribution in [3.05, 3.63) is 72.1 Å². The first-order valence-corrected chi connectivity index (χ1v) is 16.7. The summed E-state index contributed by atoms with van der Waals surface area (Å²) in [7, 11) is 0. The molecule has 2 aliphatic heterocycles. The number of nitrogens with zero attached hydrogens (tertiary/aromatic N) is 5. The maximum absolute atomic E-state index is 12.4. The zero-order valence-corrected chi connectivity index (χ0v) is 31.5. The Morgan fingerprint density at radius 3 is 1.80 bits per heavy atom. The summed E-state index contributed by atoms with van der Waals surface area (Å²) in [5, 5.41) is 5.90. The van der Waals surface area contributed by atoms with Crippen molar-refractivity contribution in [2.24, 2.45) is 0 Å². The van der Waals surface area contributed by atoms with E-state index in [-0.39, 0.29) is 50.7 Å². The zero-order valence-electron chi connectivity index (χ0n) is 29.0. The summed E-state index contributed by atoms with van der Waals surface area (Å²) in [6, 6.07) is 17.3. The third-order valence-electron chi connectivity index (χ3n) is 8.47. The van der Waals surface area contributed by atoms with Crippen molar-refractivity contribution in [2.75, 3.05) is 62.2 Å². The second-order valence-electron chi connectivity index (χ2n) is 13.0. The fourth-order valence-electron chi connectivity index (χ4n) is 6.11. The van der Waals surface area contributed by atoms with Gasteiger partial charge in [-0.05, 0) is 101 Å². The van der Waals surface area contributed by atoms with Crippen molar-refractivity contribution < 1.29 is 9.53 Å². The largest absolute Gasteiger partial charge is 0.444 e. The van der Waals surface area contributed by atoms with Crippen LogP contribution in [0, 0.1) is 0 Å². The molecule has 2 aromatic heterocycles. The molecule has 2 saturated heterocycles. The van der Waals surface area contributed by atoms with Crippen molar-refractivity contribution in [3.63, 3.8) is 0 Å². The first-order chi connectivity index (χ1) is 21.8. The molecule has 0 radical (unpaired) electrons. The Bertz CT molecular complexity index is 1590. The number of hydrogen-bond donors (Lipinski definition) is 1. The van der Waals surface area contributed by atoms with Gasteiger partial charge in [-0.2, -0.15) is 0 Å². The summed E-state index contributed by atoms with van der Waals surface area (Å²) in [6.45, 7) is 17.6. The molecule has 0 unspecified atom stereocenters. The summed E-state index contributed by atoms with van der Waals surface area (Å²) in [5.74, 6) is 0. The van der Waals surface area contributed by atoms with Crippen LogP contribution in [0.2, 0.25) is 0 Å². The third kappa shape index (κ3) is 11.8. The number of nitrogens with one attached hydrogen (secondary N) is 1. The smallest absolute Gasteiger partial charge is 0.410 e. The number of hydrogen-bond acceptors (Lipinski definition) is 7. The topological polar surface area (TPSA) is 73.8 Å². The molecule has 0 atom stereocenters. The van der Waals surface area contributed by atoms with Gasteiger partial charge in [-0.15, -0.1) is 37.2 Å². The molecule has 1 N–H and O–H groups in total. The lowest BCUT2D eigenvalue weighted by Crippen LogP contribution is -2.39. The van der Waals surface area contributed by atoms with Gasteiger partial charge in [0.1, 0.15) is 5.60 Å². The van der Waals surface area contributed by atoms with Gasteiger partial charge in [0.2, 0.25) is 0 Å². The lowest BCUT2D eigenvalue weighted by molar-refractivity contribution is 0.0263. The van der Waals surface area contributed by atoms with Crippen LogP contribution in [0.15, 0.2) is 60.9 Å². The molecule has 272 valence electrons. The predicted octanol–water partition coefficient (Wildman–Crippen LogP) is 8.74. The van der Waals surface area contributed by atoms with Gasteiger partial charge in [-0.1, -0.05) is 33.4 Å². The number of amides is 1. The van der Waals surface area contributed by atoms with E-state index in [1.165, 1.54) is 39.7 Å². The molecule has 4 heterocycles. The fourth-order valence-corrected chi connectivity index (χ4v) is 6.11. The van der Waals surface area contributed by atoms with Crippen LogP contribution in [-0.2, 0) is 17.6 Å². The first kappa shape index (κ1) is 44.0. The number of aryl methyl sites for hydroxylation is 2. The molecule has 0 bridgehead atoms. The minimum atomic E-state index is -0.460. The fraction of sp³-hybridized carbons (Fsp3) is 0.500. The van der Waals surface area contributed by atoms with Gasteiger partial charge in [0.05, 0.1) is 22.4 Å². The summed E-state index contributed by atoms with van der Waals surface area (Å²) in [4.78, 5) is 28.3. The number of aromatic nitrogens is 2. The monoisotopic (exact) mass is 734 g/mol. The number of fused-ring (bicyclic) bond motifs is 2. The van der Waals surface area contributed by atoms with Crippen LogP contribution in [0.4, 0.5) is 16.2 Å². The molecule has 0 aliphatic carbocycles. The van der Waals surface area contributed by atoms with Crippen LogP contribution < -0.4 is 15.1 Å². The number of rotatable bonds is 4. The van der Waals surface area contributed by atoms with Crippen LogP contribution >= 0.6 is 37.2 Å². The second kappa shape index (κ2) is 20.6. The average molecular weight is 736 g/mol. The Morgan fingerprint density at radius 2 is 1.27 bits per heavy atom. The van der Waals surface area contributed by atoms with E-state index in [1.54, 1.807) is 0 Å². The highest BCUT2D eigenvalue weighted by molar-refractivity contribution is 5.92. The van der Waals surface area contributed by atoms with Crippen LogP contribution in [0.1, 0.15) is 66.0 Å². The Balaban J connectivity index is 0.000000470. The highest BCUT2D eigenvalue weighted by atomic mass is 35.5. The van der Waals surface area contributed by atoms with Crippen molar-refractivity contribution in [3.8, 4) is 0 Å². The van der Waals surface area contributed by atoms with Crippen molar-refractivity contribution >= 4 is 76.5 Å². The summed E-state index contributed by atoms with van der Waals surface area (Å²) < 4.78 is 5.54. The summed E-state index contributed by atoms with van der Waals surface area (Å²) >= 11 is 0. The van der Waals surface area contributed by atoms with E-state index in [0.29, 0.717) is 6.54 Å². The SMILES string of the molecule is C.CCc1cc(N2CCCN(C(=O)OC(C)(C)C)CC2)c2ncccc2c1.CCc1cc(N2CCCNCC2)c2ncccc2c1.Cl.Cl.Cl. The van der Waals surface area contributed by atoms with E-state index < -0.39 is 5.60 Å². The lowest BCUT2D eigenvalue weighted by Gasteiger charge is -2.27. The molecule has 6 rings (SSSR count). The van der Waals surface area contributed by atoms with Gasteiger partial charge in [0, 0.05) is 69.0 Å². The minimum absolute atomic E-state index is 0. The molecule has 49 heavy (non-hydrogen) atoms. The first-order valence-electron chi connectivity index (χ1n) is 16.7. The maximum atomic E-state index is 12.4. The quantitative estimate of drug-likeness (QED) is 0.225. The van der Waals surface area contributed by atoms with E-state index in [4.69, 9.17) is 4.74 Å². The molecule has 0 saturated carbocycles. The van der Waals surface area contributed by atoms with E-state index in [2.05, 4.69) is 75.3 Å². The molecule has 4 aromatic rings. The second-order valence-corrected chi connectivity index (χ2v) is 13.0. The average Bonchev–Trinajstić information content (AvgIpc) is 3.47. The number of halogens is 3. The number of carbonyl (C=O) groups is 1. The molecular formula is C38H57Cl3N6O2. The van der Waals surface area contributed by atoms with Crippen LogP contribution in [0.5, 0.6) is 0 Å². The molecule has 0 spiro atoms. The zero-order chi connectivity index (χ0) is 31.8. The summed E-state index contributed by atoms with van der Waals surface area (Å²) in [6.07, 6.45) is 7.72. The number of pyridine rings is 2. The number of ether oxygens (including phenoxy) is 1.